The molecule has 2 heterocycles. The van der Waals surface area contributed by atoms with Crippen LogP contribution in [0.25, 0.3) is 0 Å². The molecule has 1 aliphatic heterocycles. The van der Waals surface area contributed by atoms with Crippen LogP contribution in [-0.2, 0) is 11.2 Å². The lowest BCUT2D eigenvalue weighted by Crippen LogP contribution is -2.35. The van der Waals surface area contributed by atoms with Crippen molar-refractivity contribution in [3.8, 4) is 0 Å². The lowest BCUT2D eigenvalue weighted by atomic mass is 10.00. The number of benzene rings is 1. The number of nitrogens with zero attached hydrogens (tertiary/aromatic N) is 1. The maximum atomic E-state index is 12.1. The van der Waals surface area contributed by atoms with E-state index in [9.17, 15) is 9.59 Å². The van der Waals surface area contributed by atoms with Gasteiger partial charge in [-0.15, -0.1) is 11.3 Å². The van der Waals surface area contributed by atoms with E-state index in [1.807, 2.05) is 34.5 Å². The Morgan fingerprint density at radius 1 is 1.32 bits per heavy atom. The highest BCUT2D eigenvalue weighted by Gasteiger charge is 2.23. The molecular weight excluding hydrogens is 296 g/mol. The molecule has 1 aromatic heterocycles. The third-order valence-electron chi connectivity index (χ3n) is 3.73. The van der Waals surface area contributed by atoms with E-state index in [0.29, 0.717) is 11.3 Å². The summed E-state index contributed by atoms with van der Waals surface area (Å²) in [4.78, 5) is 26.7. The fraction of sp³-hybridized carbons (Fsp3) is 0.294. The van der Waals surface area contributed by atoms with Crippen LogP contribution >= 0.6 is 11.3 Å². The zero-order valence-corrected chi connectivity index (χ0v) is 13.3. The zero-order valence-electron chi connectivity index (χ0n) is 12.5. The lowest BCUT2D eigenvalue weighted by molar-refractivity contribution is -0.118. The van der Waals surface area contributed by atoms with Crippen LogP contribution in [-0.4, -0.2) is 18.4 Å². The normalized spacial score (nSPS) is 13.9. The summed E-state index contributed by atoms with van der Waals surface area (Å²) in [7, 11) is 0. The average Bonchev–Trinajstić information content (AvgIpc) is 3.05. The van der Waals surface area contributed by atoms with E-state index in [0.717, 1.165) is 36.3 Å². The van der Waals surface area contributed by atoms with Crippen molar-refractivity contribution in [3.05, 3.63) is 46.2 Å². The van der Waals surface area contributed by atoms with Crippen molar-refractivity contribution < 1.29 is 9.59 Å². The number of carbonyl (C=O) groups is 2. The van der Waals surface area contributed by atoms with Crippen molar-refractivity contribution in [3.63, 3.8) is 0 Å². The first-order chi connectivity index (χ1) is 10.7. The van der Waals surface area contributed by atoms with Crippen molar-refractivity contribution >= 4 is 34.5 Å². The fourth-order valence-corrected chi connectivity index (χ4v) is 3.33. The predicted molar refractivity (Wildman–Crippen MR) is 89.7 cm³/mol. The molecule has 1 aromatic carbocycles. The number of thiophene rings is 1. The summed E-state index contributed by atoms with van der Waals surface area (Å²) in [6.45, 7) is 2.81. The van der Waals surface area contributed by atoms with Gasteiger partial charge in [-0.1, -0.05) is 13.0 Å². The van der Waals surface area contributed by atoms with E-state index in [1.165, 1.54) is 11.3 Å². The number of rotatable bonds is 4. The molecule has 2 aromatic rings. The molecule has 4 nitrogen and oxygen atoms in total. The lowest BCUT2D eigenvalue weighted by Gasteiger charge is -2.29. The second-order valence-corrected chi connectivity index (χ2v) is 6.27. The topological polar surface area (TPSA) is 49.4 Å². The van der Waals surface area contributed by atoms with Gasteiger partial charge in [0.1, 0.15) is 0 Å². The summed E-state index contributed by atoms with van der Waals surface area (Å²) < 4.78 is 0. The summed E-state index contributed by atoms with van der Waals surface area (Å²) in [5.41, 5.74) is 2.88. The fourth-order valence-electron chi connectivity index (χ4n) is 2.71. The van der Waals surface area contributed by atoms with Crippen molar-refractivity contribution in [1.29, 1.82) is 0 Å². The van der Waals surface area contributed by atoms with E-state index in [-0.39, 0.29) is 11.8 Å². The summed E-state index contributed by atoms with van der Waals surface area (Å²) in [6.07, 6.45) is 2.20. The van der Waals surface area contributed by atoms with E-state index < -0.39 is 0 Å². The highest BCUT2D eigenvalue weighted by Crippen LogP contribution is 2.30. The Labute approximate surface area is 133 Å². The Bertz CT molecular complexity index is 695. The standard InChI is InChI=1S/C17H18N2O2S/c1-2-9-19-14-7-6-13(11-12(14)5-8-16(19)20)18-17(21)15-4-3-10-22-15/h3-4,6-7,10-11H,2,5,8-9H2,1H3,(H,18,21). The summed E-state index contributed by atoms with van der Waals surface area (Å²) in [5.74, 6) is 0.0944. The SMILES string of the molecule is CCCN1C(=O)CCc2cc(NC(=O)c3cccs3)ccc21. The van der Waals surface area contributed by atoms with Gasteiger partial charge in [0.15, 0.2) is 0 Å². The molecule has 0 unspecified atom stereocenters. The highest BCUT2D eigenvalue weighted by molar-refractivity contribution is 7.12. The number of amides is 2. The molecule has 2 amide bonds. The predicted octanol–water partition coefficient (Wildman–Crippen LogP) is 3.69. The molecule has 1 aliphatic rings. The van der Waals surface area contributed by atoms with Crippen LogP contribution in [0.2, 0.25) is 0 Å². The van der Waals surface area contributed by atoms with Gasteiger partial charge in [0.2, 0.25) is 5.91 Å². The molecule has 0 bridgehead atoms. The Kier molecular flexibility index (Phi) is 4.24. The van der Waals surface area contributed by atoms with Crippen LogP contribution in [0.5, 0.6) is 0 Å². The first-order valence-electron chi connectivity index (χ1n) is 7.47. The maximum absolute atomic E-state index is 12.1. The molecule has 22 heavy (non-hydrogen) atoms. The van der Waals surface area contributed by atoms with E-state index in [1.54, 1.807) is 6.07 Å². The van der Waals surface area contributed by atoms with Gasteiger partial charge >= 0.3 is 0 Å². The minimum Gasteiger partial charge on any atom is -0.321 e. The number of hydrogen-bond acceptors (Lipinski definition) is 3. The molecule has 5 heteroatoms. The molecule has 1 N–H and O–H groups in total. The van der Waals surface area contributed by atoms with Crippen molar-refractivity contribution in [2.24, 2.45) is 0 Å². The van der Waals surface area contributed by atoms with Gasteiger partial charge in [0.05, 0.1) is 4.88 Å². The van der Waals surface area contributed by atoms with Gasteiger partial charge in [-0.2, -0.15) is 0 Å². The number of hydrogen-bond donors (Lipinski definition) is 1. The minimum atomic E-state index is -0.0905. The Morgan fingerprint density at radius 3 is 2.91 bits per heavy atom. The van der Waals surface area contributed by atoms with Gasteiger partial charge in [0.25, 0.3) is 5.91 Å². The smallest absolute Gasteiger partial charge is 0.265 e. The van der Waals surface area contributed by atoms with Gasteiger partial charge in [-0.3, -0.25) is 9.59 Å². The quantitative estimate of drug-likeness (QED) is 0.935. The largest absolute Gasteiger partial charge is 0.321 e. The Hall–Kier alpha value is -2.14. The summed E-state index contributed by atoms with van der Waals surface area (Å²) in [6, 6.07) is 9.45. The van der Waals surface area contributed by atoms with Crippen LogP contribution < -0.4 is 10.2 Å². The second kappa shape index (κ2) is 6.32. The maximum Gasteiger partial charge on any atom is 0.265 e. The van der Waals surface area contributed by atoms with Crippen molar-refractivity contribution in [2.45, 2.75) is 26.2 Å². The molecule has 114 valence electrons. The number of nitrogens with one attached hydrogen (secondary N) is 1. The van der Waals surface area contributed by atoms with Crippen molar-refractivity contribution in [2.75, 3.05) is 16.8 Å². The summed E-state index contributed by atoms with van der Waals surface area (Å²) in [5, 5.41) is 4.81. The third kappa shape index (κ3) is 2.90. The molecule has 0 aliphatic carbocycles. The van der Waals surface area contributed by atoms with E-state index in [4.69, 9.17) is 0 Å². The van der Waals surface area contributed by atoms with Crippen LogP contribution in [0.1, 0.15) is 35.0 Å². The highest BCUT2D eigenvalue weighted by atomic mass is 32.1. The number of fused-ring (bicyclic) bond motifs is 1. The van der Waals surface area contributed by atoms with Crippen LogP contribution in [0.4, 0.5) is 11.4 Å². The second-order valence-electron chi connectivity index (χ2n) is 5.32. The molecule has 0 saturated heterocycles. The molecule has 0 fully saturated rings. The first kappa shape index (κ1) is 14.8. The number of aryl methyl sites for hydroxylation is 1. The molecule has 3 rings (SSSR count). The average molecular weight is 314 g/mol. The van der Waals surface area contributed by atoms with Gasteiger partial charge in [-0.05, 0) is 48.1 Å². The monoisotopic (exact) mass is 314 g/mol. The Morgan fingerprint density at radius 2 is 2.18 bits per heavy atom. The Balaban J connectivity index is 1.82. The molecular formula is C17H18N2O2S. The van der Waals surface area contributed by atoms with Crippen LogP contribution in [0, 0.1) is 0 Å². The molecule has 0 saturated carbocycles. The minimum absolute atomic E-state index is 0.0905. The van der Waals surface area contributed by atoms with Gasteiger partial charge in [0, 0.05) is 24.3 Å². The number of carbonyl (C=O) groups excluding carboxylic acids is 2. The first-order valence-corrected chi connectivity index (χ1v) is 8.35. The van der Waals surface area contributed by atoms with Crippen LogP contribution in [0.3, 0.4) is 0 Å². The third-order valence-corrected chi connectivity index (χ3v) is 4.60. The number of anilines is 2. The molecule has 0 radical (unpaired) electrons. The summed E-state index contributed by atoms with van der Waals surface area (Å²) >= 11 is 1.42. The van der Waals surface area contributed by atoms with Crippen molar-refractivity contribution in [1.82, 2.24) is 0 Å². The van der Waals surface area contributed by atoms with E-state index >= 15 is 0 Å². The van der Waals surface area contributed by atoms with E-state index in [2.05, 4.69) is 12.2 Å². The van der Waals surface area contributed by atoms with Gasteiger partial charge in [-0.25, -0.2) is 0 Å². The zero-order chi connectivity index (χ0) is 15.5. The molecule has 0 atom stereocenters. The van der Waals surface area contributed by atoms with Crippen LogP contribution in [0.15, 0.2) is 35.7 Å². The molecule has 0 spiro atoms. The van der Waals surface area contributed by atoms with Gasteiger partial charge < -0.3 is 10.2 Å².